The standard InChI is InChI=1S/C13H16ClNO3/c1-3-13(2,8-11(16)17)15-12(18)9-6-4-5-7-10(9)14/h4-7H,3,8H2,1-2H3,(H,15,18)(H,16,17)/t13-/m1/s1. The Bertz CT molecular complexity index is 461. The second-order valence-corrected chi connectivity index (χ2v) is 4.83. The van der Waals surface area contributed by atoms with Crippen LogP contribution in [-0.4, -0.2) is 22.5 Å². The molecule has 1 atom stereocenters. The summed E-state index contributed by atoms with van der Waals surface area (Å²) in [5.41, 5.74) is -0.425. The Labute approximate surface area is 111 Å². The highest BCUT2D eigenvalue weighted by Gasteiger charge is 2.28. The van der Waals surface area contributed by atoms with Crippen LogP contribution < -0.4 is 5.32 Å². The molecule has 5 heteroatoms. The molecule has 0 saturated heterocycles. The summed E-state index contributed by atoms with van der Waals surface area (Å²) in [6.45, 7) is 3.53. The summed E-state index contributed by atoms with van der Waals surface area (Å²) in [4.78, 5) is 22.8. The number of rotatable bonds is 5. The van der Waals surface area contributed by atoms with Crippen LogP contribution in [0.5, 0.6) is 0 Å². The second kappa shape index (κ2) is 5.87. The van der Waals surface area contributed by atoms with Crippen molar-refractivity contribution >= 4 is 23.5 Å². The van der Waals surface area contributed by atoms with Gasteiger partial charge in [-0.05, 0) is 25.5 Å². The number of halogens is 1. The lowest BCUT2D eigenvalue weighted by Gasteiger charge is -2.28. The van der Waals surface area contributed by atoms with Crippen molar-refractivity contribution in [3.05, 3.63) is 34.9 Å². The molecule has 0 aliphatic rings. The number of hydrogen-bond donors (Lipinski definition) is 2. The van der Waals surface area contributed by atoms with Crippen LogP contribution in [0.4, 0.5) is 0 Å². The minimum Gasteiger partial charge on any atom is -0.481 e. The molecule has 0 heterocycles. The summed E-state index contributed by atoms with van der Waals surface area (Å²) in [5.74, 6) is -1.30. The third-order valence-corrected chi connectivity index (χ3v) is 3.19. The number of carboxylic acid groups (broad SMARTS) is 1. The second-order valence-electron chi connectivity index (χ2n) is 4.42. The van der Waals surface area contributed by atoms with Gasteiger partial charge in [0.25, 0.3) is 5.91 Å². The first-order valence-corrected chi connectivity index (χ1v) is 6.04. The van der Waals surface area contributed by atoms with E-state index < -0.39 is 11.5 Å². The van der Waals surface area contributed by atoms with Crippen LogP contribution in [-0.2, 0) is 4.79 Å². The SMILES string of the molecule is CC[C@](C)(CC(=O)O)NC(=O)c1ccccc1Cl. The molecule has 1 aromatic carbocycles. The van der Waals surface area contributed by atoms with E-state index in [2.05, 4.69) is 5.32 Å². The fourth-order valence-electron chi connectivity index (χ4n) is 1.58. The highest BCUT2D eigenvalue weighted by Crippen LogP contribution is 2.19. The smallest absolute Gasteiger partial charge is 0.305 e. The van der Waals surface area contributed by atoms with Crippen molar-refractivity contribution < 1.29 is 14.7 Å². The van der Waals surface area contributed by atoms with Gasteiger partial charge in [0.2, 0.25) is 0 Å². The van der Waals surface area contributed by atoms with Crippen LogP contribution in [0.3, 0.4) is 0 Å². The topological polar surface area (TPSA) is 66.4 Å². The normalized spacial score (nSPS) is 13.7. The Balaban J connectivity index is 2.86. The maximum atomic E-state index is 12.0. The monoisotopic (exact) mass is 269 g/mol. The molecule has 98 valence electrons. The molecule has 0 radical (unpaired) electrons. The number of aliphatic carboxylic acids is 1. The predicted octanol–water partition coefficient (Wildman–Crippen LogP) is 2.71. The van der Waals surface area contributed by atoms with Crippen molar-refractivity contribution in [1.29, 1.82) is 0 Å². The molecule has 0 spiro atoms. The van der Waals surface area contributed by atoms with Crippen LogP contribution >= 0.6 is 11.6 Å². The van der Waals surface area contributed by atoms with Crippen molar-refractivity contribution in [2.24, 2.45) is 0 Å². The third-order valence-electron chi connectivity index (χ3n) is 2.86. The zero-order valence-corrected chi connectivity index (χ0v) is 11.1. The molecule has 0 aromatic heterocycles. The molecule has 1 amide bonds. The van der Waals surface area contributed by atoms with Gasteiger partial charge in [-0.2, -0.15) is 0 Å². The molecule has 1 aromatic rings. The van der Waals surface area contributed by atoms with Crippen LogP contribution in [0, 0.1) is 0 Å². The quantitative estimate of drug-likeness (QED) is 0.864. The van der Waals surface area contributed by atoms with E-state index in [1.807, 2.05) is 6.92 Å². The molecule has 1 rings (SSSR count). The van der Waals surface area contributed by atoms with Crippen LogP contribution in [0.15, 0.2) is 24.3 Å². The Morgan fingerprint density at radius 1 is 1.39 bits per heavy atom. The summed E-state index contributed by atoms with van der Waals surface area (Å²) in [6, 6.07) is 6.67. The van der Waals surface area contributed by atoms with Gasteiger partial charge in [-0.25, -0.2) is 0 Å². The van der Waals surface area contributed by atoms with Crippen molar-refractivity contribution in [2.75, 3.05) is 0 Å². The predicted molar refractivity (Wildman–Crippen MR) is 69.9 cm³/mol. The van der Waals surface area contributed by atoms with Gasteiger partial charge in [0.05, 0.1) is 17.0 Å². The van der Waals surface area contributed by atoms with E-state index in [0.717, 1.165) is 0 Å². The zero-order valence-electron chi connectivity index (χ0n) is 10.4. The first kappa shape index (κ1) is 14.5. The Morgan fingerprint density at radius 2 is 2.00 bits per heavy atom. The average molecular weight is 270 g/mol. The summed E-state index contributed by atoms with van der Waals surface area (Å²) in [5, 5.41) is 11.9. The number of carbonyl (C=O) groups is 2. The van der Waals surface area contributed by atoms with Gasteiger partial charge in [-0.15, -0.1) is 0 Å². The fraction of sp³-hybridized carbons (Fsp3) is 0.385. The Hall–Kier alpha value is -1.55. The van der Waals surface area contributed by atoms with Crippen molar-refractivity contribution in [3.63, 3.8) is 0 Å². The average Bonchev–Trinajstić information content (AvgIpc) is 2.28. The van der Waals surface area contributed by atoms with Crippen molar-refractivity contribution in [2.45, 2.75) is 32.2 Å². The van der Waals surface area contributed by atoms with Crippen LogP contribution in [0.25, 0.3) is 0 Å². The molecular formula is C13H16ClNO3. The van der Waals surface area contributed by atoms with Gasteiger partial charge in [-0.1, -0.05) is 30.7 Å². The summed E-state index contributed by atoms with van der Waals surface area (Å²) >= 11 is 5.92. The minimum atomic E-state index is -0.946. The van der Waals surface area contributed by atoms with Gasteiger partial charge in [0.15, 0.2) is 0 Å². The highest BCUT2D eigenvalue weighted by molar-refractivity contribution is 6.33. The lowest BCUT2D eigenvalue weighted by molar-refractivity contribution is -0.138. The van der Waals surface area contributed by atoms with Gasteiger partial charge >= 0.3 is 5.97 Å². The first-order valence-electron chi connectivity index (χ1n) is 5.67. The summed E-state index contributed by atoms with van der Waals surface area (Å²) in [6.07, 6.45) is 0.398. The number of nitrogens with one attached hydrogen (secondary N) is 1. The number of amides is 1. The van der Waals surface area contributed by atoms with Crippen molar-refractivity contribution in [3.8, 4) is 0 Å². The molecule has 2 N–H and O–H groups in total. The van der Waals surface area contributed by atoms with Gasteiger partial charge in [-0.3, -0.25) is 9.59 Å². The molecule has 0 aliphatic carbocycles. The van der Waals surface area contributed by atoms with Crippen LogP contribution in [0.2, 0.25) is 5.02 Å². The van der Waals surface area contributed by atoms with Gasteiger partial charge in [0, 0.05) is 5.54 Å². The third kappa shape index (κ3) is 3.74. The van der Waals surface area contributed by atoms with Crippen molar-refractivity contribution in [1.82, 2.24) is 5.32 Å². The number of carboxylic acids is 1. The van der Waals surface area contributed by atoms with E-state index in [4.69, 9.17) is 16.7 Å². The largest absolute Gasteiger partial charge is 0.481 e. The van der Waals surface area contributed by atoms with Crippen LogP contribution in [0.1, 0.15) is 37.0 Å². The van der Waals surface area contributed by atoms with Gasteiger partial charge in [0.1, 0.15) is 0 Å². The molecule has 0 fully saturated rings. The molecule has 0 aliphatic heterocycles. The van der Waals surface area contributed by atoms with E-state index in [9.17, 15) is 9.59 Å². The van der Waals surface area contributed by atoms with E-state index in [-0.39, 0.29) is 12.3 Å². The van der Waals surface area contributed by atoms with E-state index in [1.165, 1.54) is 0 Å². The summed E-state index contributed by atoms with van der Waals surface area (Å²) in [7, 11) is 0. The molecule has 4 nitrogen and oxygen atoms in total. The number of benzene rings is 1. The highest BCUT2D eigenvalue weighted by atomic mass is 35.5. The first-order chi connectivity index (χ1) is 8.38. The fourth-order valence-corrected chi connectivity index (χ4v) is 1.80. The molecule has 0 unspecified atom stereocenters. The molecular weight excluding hydrogens is 254 g/mol. The lowest BCUT2D eigenvalue weighted by Crippen LogP contribution is -2.47. The summed E-state index contributed by atoms with van der Waals surface area (Å²) < 4.78 is 0. The maximum absolute atomic E-state index is 12.0. The lowest BCUT2D eigenvalue weighted by atomic mass is 9.94. The molecule has 18 heavy (non-hydrogen) atoms. The molecule has 0 bridgehead atoms. The van der Waals surface area contributed by atoms with Gasteiger partial charge < -0.3 is 10.4 Å². The van der Waals surface area contributed by atoms with E-state index in [1.54, 1.807) is 31.2 Å². The molecule has 0 saturated carbocycles. The maximum Gasteiger partial charge on any atom is 0.305 e. The number of carbonyl (C=O) groups excluding carboxylic acids is 1. The Morgan fingerprint density at radius 3 is 2.50 bits per heavy atom. The minimum absolute atomic E-state index is 0.125. The van der Waals surface area contributed by atoms with E-state index in [0.29, 0.717) is 17.0 Å². The zero-order chi connectivity index (χ0) is 13.8. The number of hydrogen-bond acceptors (Lipinski definition) is 2. The Kier molecular flexibility index (Phi) is 4.73. The van der Waals surface area contributed by atoms with E-state index >= 15 is 0 Å².